The van der Waals surface area contributed by atoms with Crippen LogP contribution >= 0.6 is 0 Å². The molecular weight excluding hydrogens is 290 g/mol. The van der Waals surface area contributed by atoms with E-state index in [2.05, 4.69) is 42.1 Å². The molecule has 23 heavy (non-hydrogen) atoms. The standard InChI is InChI=1S/C18H23N3O2/c1-6-11-22-15-10-8-7-9-14(15)12-19-13(2)16-20-17(21-23-16)18(3,4)5/h1,7-10,13,19H,11-12H2,2-5H3. The zero-order chi connectivity index (χ0) is 16.9. The molecular formula is C18H23N3O2. The van der Waals surface area contributed by atoms with E-state index in [1.54, 1.807) is 0 Å². The van der Waals surface area contributed by atoms with Gasteiger partial charge in [-0.25, -0.2) is 0 Å². The Hall–Kier alpha value is -2.32. The molecule has 0 saturated carbocycles. The number of benzene rings is 1. The number of rotatable bonds is 6. The summed E-state index contributed by atoms with van der Waals surface area (Å²) in [6.07, 6.45) is 5.24. The number of aromatic nitrogens is 2. The largest absolute Gasteiger partial charge is 0.481 e. The fourth-order valence-corrected chi connectivity index (χ4v) is 1.98. The van der Waals surface area contributed by atoms with E-state index in [9.17, 15) is 0 Å². The maximum absolute atomic E-state index is 5.55. The van der Waals surface area contributed by atoms with Crippen LogP contribution in [-0.4, -0.2) is 16.7 Å². The predicted molar refractivity (Wildman–Crippen MR) is 89.0 cm³/mol. The molecule has 1 N–H and O–H groups in total. The van der Waals surface area contributed by atoms with Crippen LogP contribution in [0, 0.1) is 12.3 Å². The van der Waals surface area contributed by atoms with Crippen LogP contribution in [0.15, 0.2) is 28.8 Å². The Balaban J connectivity index is 2.01. The van der Waals surface area contributed by atoms with Gasteiger partial charge in [0.25, 0.3) is 0 Å². The number of nitrogens with zero attached hydrogens (tertiary/aromatic N) is 2. The Morgan fingerprint density at radius 3 is 2.74 bits per heavy atom. The molecule has 1 aromatic heterocycles. The van der Waals surface area contributed by atoms with E-state index in [0.29, 0.717) is 18.3 Å². The Bertz CT molecular complexity index is 680. The lowest BCUT2D eigenvalue weighted by atomic mass is 9.96. The van der Waals surface area contributed by atoms with Gasteiger partial charge in [0, 0.05) is 17.5 Å². The lowest BCUT2D eigenvalue weighted by Crippen LogP contribution is -2.19. The van der Waals surface area contributed by atoms with Gasteiger partial charge in [-0.1, -0.05) is 50.0 Å². The molecule has 0 bridgehead atoms. The third-order valence-corrected chi connectivity index (χ3v) is 3.37. The number of ether oxygens (including phenoxy) is 1. The quantitative estimate of drug-likeness (QED) is 0.830. The summed E-state index contributed by atoms with van der Waals surface area (Å²) in [5.41, 5.74) is 0.905. The van der Waals surface area contributed by atoms with Crippen molar-refractivity contribution >= 4 is 0 Å². The highest BCUT2D eigenvalue weighted by Crippen LogP contribution is 2.22. The molecule has 0 spiro atoms. The Labute approximate surface area is 137 Å². The molecule has 1 unspecified atom stereocenters. The second-order valence-corrected chi connectivity index (χ2v) is 6.41. The van der Waals surface area contributed by atoms with Gasteiger partial charge in [-0.2, -0.15) is 4.98 Å². The van der Waals surface area contributed by atoms with E-state index < -0.39 is 0 Å². The second kappa shape index (κ2) is 7.30. The van der Waals surface area contributed by atoms with E-state index in [4.69, 9.17) is 15.7 Å². The summed E-state index contributed by atoms with van der Waals surface area (Å²) in [6, 6.07) is 7.74. The highest BCUT2D eigenvalue weighted by molar-refractivity contribution is 5.33. The SMILES string of the molecule is C#CCOc1ccccc1CNC(C)c1nc(C(C)(C)C)no1. The maximum Gasteiger partial charge on any atom is 0.243 e. The molecule has 0 amide bonds. The van der Waals surface area contributed by atoms with Crippen molar-refractivity contribution in [1.82, 2.24) is 15.5 Å². The maximum atomic E-state index is 5.55. The average molecular weight is 313 g/mol. The van der Waals surface area contributed by atoms with Crippen molar-refractivity contribution < 1.29 is 9.26 Å². The molecule has 0 aliphatic carbocycles. The van der Waals surface area contributed by atoms with Crippen molar-refractivity contribution in [2.24, 2.45) is 0 Å². The summed E-state index contributed by atoms with van der Waals surface area (Å²) < 4.78 is 10.9. The first-order valence-electron chi connectivity index (χ1n) is 7.63. The lowest BCUT2D eigenvalue weighted by Gasteiger charge is -2.13. The van der Waals surface area contributed by atoms with Gasteiger partial charge in [0.05, 0.1) is 6.04 Å². The van der Waals surface area contributed by atoms with Crippen LogP contribution in [-0.2, 0) is 12.0 Å². The minimum Gasteiger partial charge on any atom is -0.481 e. The monoisotopic (exact) mass is 313 g/mol. The van der Waals surface area contributed by atoms with Crippen molar-refractivity contribution in [3.63, 3.8) is 0 Å². The molecule has 2 rings (SSSR count). The third-order valence-electron chi connectivity index (χ3n) is 3.37. The molecule has 1 heterocycles. The van der Waals surface area contributed by atoms with Crippen LogP contribution in [0.5, 0.6) is 5.75 Å². The molecule has 122 valence electrons. The van der Waals surface area contributed by atoms with Gasteiger partial charge in [0.2, 0.25) is 5.89 Å². The van der Waals surface area contributed by atoms with Gasteiger partial charge < -0.3 is 14.6 Å². The van der Waals surface area contributed by atoms with Crippen LogP contribution in [0.2, 0.25) is 0 Å². The van der Waals surface area contributed by atoms with Crippen molar-refractivity contribution in [2.45, 2.75) is 45.7 Å². The number of nitrogens with one attached hydrogen (secondary N) is 1. The van der Waals surface area contributed by atoms with E-state index >= 15 is 0 Å². The van der Waals surface area contributed by atoms with Crippen LogP contribution < -0.4 is 10.1 Å². The van der Waals surface area contributed by atoms with Gasteiger partial charge in [0.1, 0.15) is 12.4 Å². The summed E-state index contributed by atoms with van der Waals surface area (Å²) in [4.78, 5) is 4.47. The lowest BCUT2D eigenvalue weighted by molar-refractivity contribution is 0.328. The molecule has 0 fully saturated rings. The average Bonchev–Trinajstić information content (AvgIpc) is 3.01. The molecule has 0 aliphatic rings. The fraction of sp³-hybridized carbons (Fsp3) is 0.444. The van der Waals surface area contributed by atoms with Crippen molar-refractivity contribution in [1.29, 1.82) is 0 Å². The van der Waals surface area contributed by atoms with E-state index in [1.807, 2.05) is 31.2 Å². The fourth-order valence-electron chi connectivity index (χ4n) is 1.98. The van der Waals surface area contributed by atoms with Crippen LogP contribution in [0.1, 0.15) is 51.0 Å². The van der Waals surface area contributed by atoms with Crippen molar-refractivity contribution in [2.75, 3.05) is 6.61 Å². The zero-order valence-electron chi connectivity index (χ0n) is 14.1. The Morgan fingerprint density at radius 1 is 1.35 bits per heavy atom. The smallest absolute Gasteiger partial charge is 0.243 e. The molecule has 0 saturated heterocycles. The van der Waals surface area contributed by atoms with Gasteiger partial charge in [-0.05, 0) is 13.0 Å². The number of hydrogen-bond donors (Lipinski definition) is 1. The number of terminal acetylenes is 1. The first-order chi connectivity index (χ1) is 10.9. The number of para-hydroxylation sites is 1. The molecule has 5 heteroatoms. The van der Waals surface area contributed by atoms with Crippen LogP contribution in [0.4, 0.5) is 0 Å². The molecule has 1 atom stereocenters. The highest BCUT2D eigenvalue weighted by Gasteiger charge is 2.23. The van der Waals surface area contributed by atoms with Crippen molar-refractivity contribution in [3.8, 4) is 18.1 Å². The van der Waals surface area contributed by atoms with Crippen molar-refractivity contribution in [3.05, 3.63) is 41.5 Å². The summed E-state index contributed by atoms with van der Waals surface area (Å²) in [6.45, 7) is 9.03. The highest BCUT2D eigenvalue weighted by atomic mass is 16.5. The van der Waals surface area contributed by atoms with Crippen LogP contribution in [0.3, 0.4) is 0 Å². The number of hydrogen-bond acceptors (Lipinski definition) is 5. The minimum atomic E-state index is -0.128. The van der Waals surface area contributed by atoms with Gasteiger partial charge >= 0.3 is 0 Å². The summed E-state index contributed by atoms with van der Waals surface area (Å²) in [5.74, 6) is 4.55. The van der Waals surface area contributed by atoms with Crippen LogP contribution in [0.25, 0.3) is 0 Å². The van der Waals surface area contributed by atoms with Gasteiger partial charge in [-0.15, -0.1) is 6.42 Å². The van der Waals surface area contributed by atoms with E-state index in [-0.39, 0.29) is 18.1 Å². The molecule has 0 radical (unpaired) electrons. The third kappa shape index (κ3) is 4.57. The molecule has 0 aliphatic heterocycles. The van der Waals surface area contributed by atoms with Gasteiger partial charge in [-0.3, -0.25) is 0 Å². The Kier molecular flexibility index (Phi) is 5.41. The summed E-state index contributed by atoms with van der Waals surface area (Å²) in [5, 5.41) is 7.42. The molecule has 2 aromatic rings. The predicted octanol–water partition coefficient (Wildman–Crippen LogP) is 3.23. The zero-order valence-corrected chi connectivity index (χ0v) is 14.1. The summed E-state index contributed by atoms with van der Waals surface area (Å²) >= 11 is 0. The first-order valence-corrected chi connectivity index (χ1v) is 7.63. The van der Waals surface area contributed by atoms with Gasteiger partial charge in [0.15, 0.2) is 5.82 Å². The van der Waals surface area contributed by atoms with E-state index in [0.717, 1.165) is 11.3 Å². The first kappa shape index (κ1) is 17.0. The topological polar surface area (TPSA) is 60.2 Å². The van der Waals surface area contributed by atoms with E-state index in [1.165, 1.54) is 0 Å². The Morgan fingerprint density at radius 2 is 2.09 bits per heavy atom. The summed E-state index contributed by atoms with van der Waals surface area (Å²) in [7, 11) is 0. The second-order valence-electron chi connectivity index (χ2n) is 6.41. The molecule has 5 nitrogen and oxygen atoms in total. The molecule has 1 aromatic carbocycles. The normalized spacial score (nSPS) is 12.7. The minimum absolute atomic E-state index is 0.0562.